The van der Waals surface area contributed by atoms with Gasteiger partial charge in [-0.1, -0.05) is 22.0 Å². The van der Waals surface area contributed by atoms with Gasteiger partial charge in [-0.05, 0) is 48.9 Å². The van der Waals surface area contributed by atoms with Crippen LogP contribution in [0.1, 0.15) is 16.1 Å². The van der Waals surface area contributed by atoms with Crippen LogP contribution in [0.4, 0.5) is 16.5 Å². The van der Waals surface area contributed by atoms with E-state index in [0.29, 0.717) is 10.8 Å². The van der Waals surface area contributed by atoms with Crippen molar-refractivity contribution in [1.82, 2.24) is 4.98 Å². The van der Waals surface area contributed by atoms with Crippen LogP contribution in [-0.2, 0) is 0 Å². The minimum absolute atomic E-state index is 0.247. The maximum absolute atomic E-state index is 12.3. The minimum atomic E-state index is -0.247. The summed E-state index contributed by atoms with van der Waals surface area (Å²) in [5.41, 5.74) is 3.00. The fraction of sp³-hybridized carbons (Fsp3) is 0.111. The third-order valence-electron chi connectivity index (χ3n) is 3.44. The summed E-state index contributed by atoms with van der Waals surface area (Å²) < 4.78 is 6.30. The second-order valence-electron chi connectivity index (χ2n) is 5.33. The zero-order valence-corrected chi connectivity index (χ0v) is 16.1. The Morgan fingerprint density at radius 1 is 1.20 bits per heavy atom. The van der Waals surface area contributed by atoms with Crippen molar-refractivity contribution in [2.24, 2.45) is 0 Å². The van der Waals surface area contributed by atoms with E-state index in [-0.39, 0.29) is 5.91 Å². The quantitative estimate of drug-likeness (QED) is 0.597. The first-order valence-corrected chi connectivity index (χ1v) is 9.16. The molecular weight excluding hydrogens is 402 g/mol. The smallest absolute Gasteiger partial charge is 0.275 e. The van der Waals surface area contributed by atoms with Gasteiger partial charge in [0.15, 0.2) is 5.13 Å². The number of nitrogens with one attached hydrogen (secondary N) is 2. The number of anilines is 3. The van der Waals surface area contributed by atoms with Crippen LogP contribution in [0.5, 0.6) is 5.75 Å². The first kappa shape index (κ1) is 17.4. The number of methoxy groups -OCH3 is 1. The van der Waals surface area contributed by atoms with E-state index < -0.39 is 0 Å². The van der Waals surface area contributed by atoms with Gasteiger partial charge in [0, 0.05) is 15.5 Å². The number of carbonyl (C=O) groups excluding carboxylic acids is 1. The van der Waals surface area contributed by atoms with Crippen LogP contribution in [0.3, 0.4) is 0 Å². The molecule has 0 atom stereocenters. The van der Waals surface area contributed by atoms with Gasteiger partial charge < -0.3 is 15.4 Å². The molecule has 128 valence electrons. The van der Waals surface area contributed by atoms with Gasteiger partial charge >= 0.3 is 0 Å². The fourth-order valence-corrected chi connectivity index (χ4v) is 3.17. The van der Waals surface area contributed by atoms with E-state index in [9.17, 15) is 4.79 Å². The molecule has 2 aromatic carbocycles. The first-order chi connectivity index (χ1) is 12.0. The predicted molar refractivity (Wildman–Crippen MR) is 105 cm³/mol. The van der Waals surface area contributed by atoms with E-state index in [1.165, 1.54) is 11.3 Å². The Kier molecular flexibility index (Phi) is 5.35. The van der Waals surface area contributed by atoms with Gasteiger partial charge in [-0.2, -0.15) is 0 Å². The van der Waals surface area contributed by atoms with Crippen LogP contribution in [0.25, 0.3) is 0 Å². The lowest BCUT2D eigenvalue weighted by molar-refractivity contribution is 0.102. The molecule has 0 aliphatic heterocycles. The third kappa shape index (κ3) is 4.37. The van der Waals surface area contributed by atoms with E-state index >= 15 is 0 Å². The molecule has 0 fully saturated rings. The summed E-state index contributed by atoms with van der Waals surface area (Å²) in [6, 6.07) is 13.2. The Morgan fingerprint density at radius 2 is 1.96 bits per heavy atom. The highest BCUT2D eigenvalue weighted by Crippen LogP contribution is 2.30. The number of halogens is 1. The predicted octanol–water partition coefficient (Wildman–Crippen LogP) is 5.22. The molecule has 1 aromatic heterocycles. The molecule has 1 heterocycles. The molecule has 25 heavy (non-hydrogen) atoms. The number of aromatic nitrogens is 1. The molecule has 0 aliphatic rings. The standard InChI is InChI=1S/C18H16BrN3O2S/c1-11-3-8-16(24-2)14(9-11)21-18-22-15(10-25-18)17(23)20-13-6-4-12(19)5-7-13/h3-10H,1-2H3,(H,20,23)(H,21,22). The maximum Gasteiger partial charge on any atom is 0.275 e. The number of ether oxygens (including phenoxy) is 1. The second-order valence-corrected chi connectivity index (χ2v) is 7.10. The molecule has 2 N–H and O–H groups in total. The summed E-state index contributed by atoms with van der Waals surface area (Å²) in [5.74, 6) is 0.476. The molecule has 3 aromatic rings. The molecular formula is C18H16BrN3O2S. The SMILES string of the molecule is COc1ccc(C)cc1Nc1nc(C(=O)Nc2ccc(Br)cc2)cs1. The van der Waals surface area contributed by atoms with Crippen LogP contribution in [0, 0.1) is 6.92 Å². The third-order valence-corrected chi connectivity index (χ3v) is 4.72. The summed E-state index contributed by atoms with van der Waals surface area (Å²) in [5, 5.41) is 8.38. The summed E-state index contributed by atoms with van der Waals surface area (Å²) in [7, 11) is 1.62. The number of rotatable bonds is 5. The Labute approximate surface area is 158 Å². The van der Waals surface area contributed by atoms with Crippen LogP contribution < -0.4 is 15.4 Å². The maximum atomic E-state index is 12.3. The van der Waals surface area contributed by atoms with Crippen molar-refractivity contribution in [3.05, 3.63) is 63.6 Å². The molecule has 0 bridgehead atoms. The Bertz CT molecular complexity index is 894. The average Bonchev–Trinajstić information content (AvgIpc) is 3.06. The first-order valence-electron chi connectivity index (χ1n) is 7.49. The number of aryl methyl sites for hydroxylation is 1. The molecule has 0 spiro atoms. The van der Waals surface area contributed by atoms with Gasteiger partial charge in [0.05, 0.1) is 12.8 Å². The van der Waals surface area contributed by atoms with Crippen molar-refractivity contribution >= 4 is 49.7 Å². The molecule has 7 heteroatoms. The fourth-order valence-electron chi connectivity index (χ4n) is 2.20. The van der Waals surface area contributed by atoms with E-state index in [2.05, 4.69) is 31.5 Å². The lowest BCUT2D eigenvalue weighted by atomic mass is 10.2. The number of amides is 1. The van der Waals surface area contributed by atoms with E-state index in [1.54, 1.807) is 12.5 Å². The van der Waals surface area contributed by atoms with Crippen molar-refractivity contribution in [3.8, 4) is 5.75 Å². The lowest BCUT2D eigenvalue weighted by Gasteiger charge is -2.09. The Morgan fingerprint density at radius 3 is 2.68 bits per heavy atom. The Balaban J connectivity index is 1.73. The highest BCUT2D eigenvalue weighted by atomic mass is 79.9. The van der Waals surface area contributed by atoms with Crippen molar-refractivity contribution in [1.29, 1.82) is 0 Å². The lowest BCUT2D eigenvalue weighted by Crippen LogP contribution is -2.12. The number of carbonyl (C=O) groups is 1. The molecule has 0 saturated carbocycles. The van der Waals surface area contributed by atoms with Crippen LogP contribution in [0.2, 0.25) is 0 Å². The number of hydrogen-bond acceptors (Lipinski definition) is 5. The summed E-state index contributed by atoms with van der Waals surface area (Å²) in [4.78, 5) is 16.7. The summed E-state index contributed by atoms with van der Waals surface area (Å²) in [6.45, 7) is 2.00. The number of nitrogens with zero attached hydrogens (tertiary/aromatic N) is 1. The molecule has 5 nitrogen and oxygen atoms in total. The minimum Gasteiger partial charge on any atom is -0.495 e. The van der Waals surface area contributed by atoms with Crippen molar-refractivity contribution in [2.75, 3.05) is 17.7 Å². The van der Waals surface area contributed by atoms with Gasteiger partial charge in [-0.3, -0.25) is 4.79 Å². The van der Waals surface area contributed by atoms with Crippen LogP contribution >= 0.6 is 27.3 Å². The molecule has 1 amide bonds. The van der Waals surface area contributed by atoms with Gasteiger partial charge in [-0.15, -0.1) is 11.3 Å². The van der Waals surface area contributed by atoms with Crippen LogP contribution in [0.15, 0.2) is 52.3 Å². The zero-order chi connectivity index (χ0) is 17.8. The highest BCUT2D eigenvalue weighted by Gasteiger charge is 2.12. The summed E-state index contributed by atoms with van der Waals surface area (Å²) in [6.07, 6.45) is 0. The number of thiazole rings is 1. The summed E-state index contributed by atoms with van der Waals surface area (Å²) >= 11 is 4.73. The molecule has 0 unspecified atom stereocenters. The normalized spacial score (nSPS) is 10.4. The monoisotopic (exact) mass is 417 g/mol. The van der Waals surface area contributed by atoms with Crippen molar-refractivity contribution < 1.29 is 9.53 Å². The largest absolute Gasteiger partial charge is 0.495 e. The number of benzene rings is 2. The number of hydrogen-bond donors (Lipinski definition) is 2. The van der Waals surface area contributed by atoms with Crippen molar-refractivity contribution in [3.63, 3.8) is 0 Å². The highest BCUT2D eigenvalue weighted by molar-refractivity contribution is 9.10. The second kappa shape index (κ2) is 7.67. The van der Waals surface area contributed by atoms with Gasteiger partial charge in [0.25, 0.3) is 5.91 Å². The van der Waals surface area contributed by atoms with E-state index in [4.69, 9.17) is 4.74 Å². The van der Waals surface area contributed by atoms with Gasteiger partial charge in [0.1, 0.15) is 11.4 Å². The average molecular weight is 418 g/mol. The van der Waals surface area contributed by atoms with E-state index in [1.807, 2.05) is 49.4 Å². The topological polar surface area (TPSA) is 63.2 Å². The molecule has 0 radical (unpaired) electrons. The molecule has 3 rings (SSSR count). The zero-order valence-electron chi connectivity index (χ0n) is 13.7. The van der Waals surface area contributed by atoms with Gasteiger partial charge in [-0.25, -0.2) is 4.98 Å². The molecule has 0 aliphatic carbocycles. The Hall–Kier alpha value is -2.38. The molecule has 0 saturated heterocycles. The van der Waals surface area contributed by atoms with Crippen molar-refractivity contribution in [2.45, 2.75) is 6.92 Å². The van der Waals surface area contributed by atoms with Gasteiger partial charge in [0.2, 0.25) is 0 Å². The van der Waals surface area contributed by atoms with Crippen LogP contribution in [-0.4, -0.2) is 18.0 Å². The van der Waals surface area contributed by atoms with E-state index in [0.717, 1.165) is 27.2 Å².